The van der Waals surface area contributed by atoms with E-state index in [1.54, 1.807) is 0 Å². The zero-order valence-corrected chi connectivity index (χ0v) is 10.3. The van der Waals surface area contributed by atoms with Crippen LogP contribution in [0.25, 0.3) is 0 Å². The molecular formula is C9H17Cl2NO2. The Kier molecular flexibility index (Phi) is 5.60. The van der Waals surface area contributed by atoms with E-state index < -0.39 is 6.09 Å². The second-order valence-corrected chi connectivity index (χ2v) is 5.16. The molecule has 0 aromatic heterocycles. The van der Waals surface area contributed by atoms with Gasteiger partial charge >= 0.3 is 6.09 Å². The Morgan fingerprint density at radius 1 is 1.50 bits per heavy atom. The van der Waals surface area contributed by atoms with Crippen molar-refractivity contribution in [2.24, 2.45) is 5.41 Å². The summed E-state index contributed by atoms with van der Waals surface area (Å²) in [4.78, 5) is 12.0. The van der Waals surface area contributed by atoms with Gasteiger partial charge in [0.25, 0.3) is 0 Å². The predicted octanol–water partition coefficient (Wildman–Crippen LogP) is 2.86. The molecule has 1 N–H and O–H groups in total. The fourth-order valence-electron chi connectivity index (χ4n) is 0.834. The molecule has 1 amide bonds. The summed E-state index contributed by atoms with van der Waals surface area (Å²) < 4.78 is 0. The molecule has 14 heavy (non-hydrogen) atoms. The molecule has 0 saturated heterocycles. The standard InChI is InChI=1S/C9H17Cl2NO2/c1-9(2,3)7(11)6-12(5-4-10)8(13)14/h7H,4-6H2,1-3H3,(H,13,14). The van der Waals surface area contributed by atoms with E-state index >= 15 is 0 Å². The normalized spacial score (nSPS) is 13.8. The maximum Gasteiger partial charge on any atom is 0.407 e. The lowest BCUT2D eigenvalue weighted by Gasteiger charge is -2.29. The molecule has 0 radical (unpaired) electrons. The average molecular weight is 242 g/mol. The van der Waals surface area contributed by atoms with Crippen LogP contribution in [-0.2, 0) is 0 Å². The molecule has 0 aromatic rings. The first-order chi connectivity index (χ1) is 6.29. The Hall–Kier alpha value is -0.150. The van der Waals surface area contributed by atoms with Crippen LogP contribution in [-0.4, -0.2) is 40.4 Å². The van der Waals surface area contributed by atoms with Crippen LogP contribution in [0.4, 0.5) is 4.79 Å². The second-order valence-electron chi connectivity index (χ2n) is 4.25. The number of hydrogen-bond acceptors (Lipinski definition) is 1. The summed E-state index contributed by atoms with van der Waals surface area (Å²) in [6, 6.07) is 0. The van der Waals surface area contributed by atoms with Crippen molar-refractivity contribution < 1.29 is 9.90 Å². The summed E-state index contributed by atoms with van der Waals surface area (Å²) in [7, 11) is 0. The van der Waals surface area contributed by atoms with Crippen molar-refractivity contribution in [2.75, 3.05) is 19.0 Å². The quantitative estimate of drug-likeness (QED) is 0.770. The maximum absolute atomic E-state index is 10.8. The lowest BCUT2D eigenvalue weighted by atomic mass is 9.91. The Balaban J connectivity index is 4.23. The van der Waals surface area contributed by atoms with E-state index in [2.05, 4.69) is 0 Å². The van der Waals surface area contributed by atoms with Crippen LogP contribution in [0, 0.1) is 5.41 Å². The number of carboxylic acid groups (broad SMARTS) is 1. The zero-order chi connectivity index (χ0) is 11.4. The van der Waals surface area contributed by atoms with Gasteiger partial charge in [-0.05, 0) is 5.41 Å². The molecule has 0 aliphatic rings. The molecule has 0 fully saturated rings. The van der Waals surface area contributed by atoms with Gasteiger partial charge in [0.2, 0.25) is 0 Å². The van der Waals surface area contributed by atoms with Gasteiger partial charge in [-0.15, -0.1) is 23.2 Å². The van der Waals surface area contributed by atoms with Gasteiger partial charge in [-0.3, -0.25) is 0 Å². The minimum atomic E-state index is -0.972. The van der Waals surface area contributed by atoms with Gasteiger partial charge in [-0.1, -0.05) is 20.8 Å². The third-order valence-electron chi connectivity index (χ3n) is 1.95. The Bertz CT molecular complexity index is 192. The number of alkyl halides is 2. The maximum atomic E-state index is 10.8. The van der Waals surface area contributed by atoms with Gasteiger partial charge in [0.1, 0.15) is 0 Å². The fourth-order valence-corrected chi connectivity index (χ4v) is 1.21. The van der Waals surface area contributed by atoms with Crippen LogP contribution in [0.3, 0.4) is 0 Å². The Morgan fingerprint density at radius 3 is 2.29 bits per heavy atom. The van der Waals surface area contributed by atoms with Crippen molar-refractivity contribution in [3.8, 4) is 0 Å². The van der Waals surface area contributed by atoms with Gasteiger partial charge in [0, 0.05) is 19.0 Å². The molecule has 0 bridgehead atoms. The van der Waals surface area contributed by atoms with Crippen LogP contribution >= 0.6 is 23.2 Å². The van der Waals surface area contributed by atoms with Gasteiger partial charge in [0.05, 0.1) is 5.38 Å². The summed E-state index contributed by atoms with van der Waals surface area (Å²) in [5, 5.41) is 8.62. The van der Waals surface area contributed by atoms with E-state index in [-0.39, 0.29) is 10.8 Å². The smallest absolute Gasteiger partial charge is 0.407 e. The van der Waals surface area contributed by atoms with Crippen LogP contribution in [0.15, 0.2) is 0 Å². The molecule has 0 aromatic carbocycles. The highest BCUT2D eigenvalue weighted by Gasteiger charge is 2.26. The highest BCUT2D eigenvalue weighted by Crippen LogP contribution is 2.25. The molecule has 0 aliphatic carbocycles. The molecule has 5 heteroatoms. The molecular weight excluding hydrogens is 225 g/mol. The number of rotatable bonds is 4. The first-order valence-corrected chi connectivity index (χ1v) is 5.44. The summed E-state index contributed by atoms with van der Waals surface area (Å²) in [6.45, 7) is 6.56. The molecule has 3 nitrogen and oxygen atoms in total. The fraction of sp³-hybridized carbons (Fsp3) is 0.889. The monoisotopic (exact) mass is 241 g/mol. The molecule has 0 saturated carbocycles. The van der Waals surface area contributed by atoms with E-state index in [0.717, 1.165) is 0 Å². The van der Waals surface area contributed by atoms with Crippen molar-refractivity contribution >= 4 is 29.3 Å². The van der Waals surface area contributed by atoms with Crippen molar-refractivity contribution in [3.63, 3.8) is 0 Å². The number of carbonyl (C=O) groups is 1. The lowest BCUT2D eigenvalue weighted by molar-refractivity contribution is 0.142. The highest BCUT2D eigenvalue weighted by molar-refractivity contribution is 6.21. The van der Waals surface area contributed by atoms with E-state index in [0.29, 0.717) is 19.0 Å². The van der Waals surface area contributed by atoms with E-state index in [1.807, 2.05) is 20.8 Å². The number of amides is 1. The van der Waals surface area contributed by atoms with Crippen molar-refractivity contribution in [1.82, 2.24) is 4.90 Å². The Labute approximate surface area is 95.0 Å². The molecule has 0 aliphatic heterocycles. The first kappa shape index (κ1) is 13.8. The Morgan fingerprint density at radius 2 is 2.00 bits per heavy atom. The number of hydrogen-bond donors (Lipinski definition) is 1. The highest BCUT2D eigenvalue weighted by atomic mass is 35.5. The van der Waals surface area contributed by atoms with E-state index in [1.165, 1.54) is 4.90 Å². The third kappa shape index (κ3) is 4.91. The molecule has 0 rings (SSSR count). The summed E-state index contributed by atoms with van der Waals surface area (Å²) >= 11 is 11.6. The molecule has 0 heterocycles. The van der Waals surface area contributed by atoms with Crippen LogP contribution in [0.2, 0.25) is 0 Å². The second kappa shape index (κ2) is 5.66. The van der Waals surface area contributed by atoms with Gasteiger partial charge < -0.3 is 10.0 Å². The lowest BCUT2D eigenvalue weighted by Crippen LogP contribution is -2.40. The molecule has 0 spiro atoms. The predicted molar refractivity (Wildman–Crippen MR) is 59.4 cm³/mol. The van der Waals surface area contributed by atoms with Crippen molar-refractivity contribution in [3.05, 3.63) is 0 Å². The van der Waals surface area contributed by atoms with Crippen LogP contribution in [0.5, 0.6) is 0 Å². The van der Waals surface area contributed by atoms with Gasteiger partial charge in [0.15, 0.2) is 0 Å². The van der Waals surface area contributed by atoms with Gasteiger partial charge in [-0.25, -0.2) is 4.79 Å². The SMILES string of the molecule is CC(C)(C)C(Cl)CN(CCCl)C(=O)O. The first-order valence-electron chi connectivity index (χ1n) is 4.47. The van der Waals surface area contributed by atoms with Crippen molar-refractivity contribution in [2.45, 2.75) is 26.1 Å². The minimum absolute atomic E-state index is 0.110. The molecule has 1 atom stereocenters. The van der Waals surface area contributed by atoms with Gasteiger partial charge in [-0.2, -0.15) is 0 Å². The summed E-state index contributed by atoms with van der Waals surface area (Å²) in [5.41, 5.74) is -0.110. The molecule has 84 valence electrons. The average Bonchev–Trinajstić information content (AvgIpc) is 2.01. The largest absolute Gasteiger partial charge is 0.465 e. The third-order valence-corrected chi connectivity index (χ3v) is 2.91. The zero-order valence-electron chi connectivity index (χ0n) is 8.76. The topological polar surface area (TPSA) is 40.5 Å². The van der Waals surface area contributed by atoms with Crippen LogP contribution < -0.4 is 0 Å². The van der Waals surface area contributed by atoms with Crippen molar-refractivity contribution in [1.29, 1.82) is 0 Å². The van der Waals surface area contributed by atoms with Crippen LogP contribution in [0.1, 0.15) is 20.8 Å². The number of halogens is 2. The summed E-state index contributed by atoms with van der Waals surface area (Å²) in [6.07, 6.45) is -0.972. The minimum Gasteiger partial charge on any atom is -0.465 e. The number of nitrogens with zero attached hydrogens (tertiary/aromatic N) is 1. The molecule has 1 unspecified atom stereocenters. The summed E-state index contributed by atoms with van der Waals surface area (Å²) in [5.74, 6) is 0.292. The van der Waals surface area contributed by atoms with E-state index in [4.69, 9.17) is 28.3 Å². The van der Waals surface area contributed by atoms with E-state index in [9.17, 15) is 4.79 Å².